The summed E-state index contributed by atoms with van der Waals surface area (Å²) in [6.45, 7) is -1.41. The third-order valence-electron chi connectivity index (χ3n) is 3.20. The van der Waals surface area contributed by atoms with Crippen molar-refractivity contribution >= 4 is 12.4 Å². The van der Waals surface area contributed by atoms with Gasteiger partial charge in [-0.2, -0.15) is 0 Å². The fraction of sp³-hybridized carbons (Fsp3) is 0.583. The fourth-order valence-electron chi connectivity index (χ4n) is 2.18. The Kier molecular flexibility index (Phi) is 4.68. The summed E-state index contributed by atoms with van der Waals surface area (Å²) in [5.74, 6) is 0.193. The van der Waals surface area contributed by atoms with Gasteiger partial charge < -0.3 is 22.6 Å². The number of hydrogen-bond donors (Lipinski definition) is 0. The van der Waals surface area contributed by atoms with Gasteiger partial charge in [-0.15, -0.1) is 0 Å². The summed E-state index contributed by atoms with van der Waals surface area (Å²) in [7, 11) is 0. The van der Waals surface area contributed by atoms with E-state index in [4.69, 9.17) is 4.74 Å². The molecule has 0 amide bonds. The molecule has 0 unspecified atom stereocenters. The van der Waals surface area contributed by atoms with Gasteiger partial charge in [-0.3, -0.25) is 4.98 Å². The number of rotatable bonds is 6. The summed E-state index contributed by atoms with van der Waals surface area (Å²) in [5.41, 5.74) is -0.711. The van der Waals surface area contributed by atoms with Crippen molar-refractivity contribution in [2.75, 3.05) is 26.2 Å². The zero-order chi connectivity index (χ0) is 13.7. The third-order valence-corrected chi connectivity index (χ3v) is 3.20. The Balaban J connectivity index is 1.76. The molecule has 19 heavy (non-hydrogen) atoms. The molecule has 0 aliphatic carbocycles. The zero-order valence-electron chi connectivity index (χ0n) is 10.7. The molecule has 1 aromatic rings. The fourth-order valence-corrected chi connectivity index (χ4v) is 2.18. The molecule has 3 nitrogen and oxygen atoms in total. The first-order valence-electron chi connectivity index (χ1n) is 6.56. The summed E-state index contributed by atoms with van der Waals surface area (Å²) in [4.78, 5) is 5.91. The van der Waals surface area contributed by atoms with Crippen molar-refractivity contribution in [1.82, 2.24) is 9.88 Å². The Morgan fingerprint density at radius 3 is 2.63 bits per heavy atom. The lowest BCUT2D eigenvalue weighted by Crippen LogP contribution is -2.34. The number of pyridine rings is 1. The molecule has 1 fully saturated rings. The molecular weight excluding hydrogens is 256 g/mol. The molecule has 2 heterocycles. The predicted octanol–water partition coefficient (Wildman–Crippen LogP) is 2.00. The zero-order valence-corrected chi connectivity index (χ0v) is 10.7. The summed E-state index contributed by atoms with van der Waals surface area (Å²) >= 11 is 0. The Bertz CT molecular complexity index is 408. The van der Waals surface area contributed by atoms with Crippen molar-refractivity contribution < 1.29 is 17.7 Å². The van der Waals surface area contributed by atoms with Crippen molar-refractivity contribution in [3.63, 3.8) is 0 Å². The lowest BCUT2D eigenvalue weighted by molar-refractivity contribution is 0.263. The Morgan fingerprint density at radius 1 is 1.21 bits per heavy atom. The summed E-state index contributed by atoms with van der Waals surface area (Å²) < 4.78 is 42.9. The highest BCUT2D eigenvalue weighted by atomic mass is 19.4. The van der Waals surface area contributed by atoms with E-state index in [9.17, 15) is 12.9 Å². The van der Waals surface area contributed by atoms with Crippen LogP contribution >= 0.6 is 0 Å². The van der Waals surface area contributed by atoms with Crippen molar-refractivity contribution in [2.24, 2.45) is 0 Å². The number of ether oxygens (including phenoxy) is 1. The molecule has 7 heteroatoms. The molecule has 1 saturated heterocycles. The molecule has 0 radical (unpaired) electrons. The minimum Gasteiger partial charge on any atom is -0.492 e. The summed E-state index contributed by atoms with van der Waals surface area (Å²) in [5, 5.41) is 0. The normalized spacial score (nSPS) is 16.8. The van der Waals surface area contributed by atoms with Gasteiger partial charge in [-0.1, -0.05) is 5.46 Å². The molecule has 1 aliphatic rings. The van der Waals surface area contributed by atoms with Crippen molar-refractivity contribution in [2.45, 2.75) is 19.3 Å². The van der Waals surface area contributed by atoms with E-state index in [1.165, 1.54) is 19.0 Å². The van der Waals surface area contributed by atoms with E-state index in [0.29, 0.717) is 6.61 Å². The first-order valence-corrected chi connectivity index (χ1v) is 6.56. The molecule has 0 atom stereocenters. The van der Waals surface area contributed by atoms with Crippen LogP contribution in [0.3, 0.4) is 0 Å². The van der Waals surface area contributed by atoms with Gasteiger partial charge in [-0.25, -0.2) is 0 Å². The van der Waals surface area contributed by atoms with Gasteiger partial charge >= 0.3 is 6.98 Å². The second-order valence-corrected chi connectivity index (χ2v) is 4.78. The maximum atomic E-state index is 12.5. The van der Waals surface area contributed by atoms with Crippen molar-refractivity contribution in [1.29, 1.82) is 0 Å². The number of likely N-dealkylation sites (tertiary alicyclic amines) is 1. The molecule has 2 rings (SSSR count). The van der Waals surface area contributed by atoms with E-state index in [2.05, 4.69) is 9.88 Å². The second kappa shape index (κ2) is 6.28. The Labute approximate surface area is 110 Å². The third kappa shape index (κ3) is 4.42. The number of hydrogen-bond acceptors (Lipinski definition) is 3. The quantitative estimate of drug-likeness (QED) is 0.585. The van der Waals surface area contributed by atoms with Gasteiger partial charge in [0.05, 0.1) is 12.8 Å². The number of halogens is 3. The van der Waals surface area contributed by atoms with Crippen LogP contribution in [0.5, 0.6) is 5.75 Å². The number of nitrogens with zero attached hydrogens (tertiary/aromatic N) is 2. The molecule has 106 valence electrons. The van der Waals surface area contributed by atoms with Crippen LogP contribution in [0.4, 0.5) is 12.9 Å². The van der Waals surface area contributed by atoms with E-state index >= 15 is 0 Å². The van der Waals surface area contributed by atoms with Gasteiger partial charge in [0.1, 0.15) is 5.75 Å². The molecule has 0 aromatic carbocycles. The standard InChI is InChI=1S/C12H17BF3N2O/c14-13(15,16)11-8-12(10-17-9-11)19-7-3-6-18-4-1-2-5-18/h8-10H,1-7H2/q-1. The highest BCUT2D eigenvalue weighted by molar-refractivity contribution is 6.73. The molecule has 0 bridgehead atoms. The smallest absolute Gasteiger partial charge is 0.492 e. The summed E-state index contributed by atoms with van der Waals surface area (Å²) in [6.07, 6.45) is 5.45. The van der Waals surface area contributed by atoms with E-state index in [1.807, 2.05) is 0 Å². The minimum absolute atomic E-state index is 0.193. The van der Waals surface area contributed by atoms with Crippen molar-refractivity contribution in [3.05, 3.63) is 18.5 Å². The van der Waals surface area contributed by atoms with Crippen LogP contribution in [-0.2, 0) is 0 Å². The minimum atomic E-state index is -5.01. The van der Waals surface area contributed by atoms with Crippen LogP contribution in [0.25, 0.3) is 0 Å². The average molecular weight is 273 g/mol. The molecule has 0 spiro atoms. The molecule has 0 saturated carbocycles. The first-order chi connectivity index (χ1) is 9.05. The van der Waals surface area contributed by atoms with Gasteiger partial charge in [0.2, 0.25) is 0 Å². The van der Waals surface area contributed by atoms with E-state index < -0.39 is 12.4 Å². The van der Waals surface area contributed by atoms with E-state index in [0.717, 1.165) is 38.3 Å². The van der Waals surface area contributed by atoms with Crippen LogP contribution in [0.15, 0.2) is 18.5 Å². The average Bonchev–Trinajstić information content (AvgIpc) is 2.87. The maximum absolute atomic E-state index is 12.5. The van der Waals surface area contributed by atoms with Crippen LogP contribution in [0.2, 0.25) is 0 Å². The van der Waals surface area contributed by atoms with E-state index in [1.54, 1.807) is 0 Å². The Hall–Kier alpha value is -1.24. The van der Waals surface area contributed by atoms with Gasteiger partial charge in [0.15, 0.2) is 0 Å². The van der Waals surface area contributed by atoms with Crippen LogP contribution in [0.1, 0.15) is 19.3 Å². The van der Waals surface area contributed by atoms with Crippen LogP contribution < -0.4 is 10.2 Å². The SMILES string of the molecule is F[B-](F)(F)c1cncc(OCCCN2CCCC2)c1. The van der Waals surface area contributed by atoms with E-state index in [-0.39, 0.29) is 5.75 Å². The maximum Gasteiger partial charge on any atom is 0.511 e. The number of aromatic nitrogens is 1. The molecule has 1 aliphatic heterocycles. The van der Waals surface area contributed by atoms with Gasteiger partial charge in [0, 0.05) is 12.7 Å². The van der Waals surface area contributed by atoms with Crippen LogP contribution in [0, 0.1) is 0 Å². The molecule has 0 N–H and O–H groups in total. The highest BCUT2D eigenvalue weighted by Gasteiger charge is 2.26. The van der Waals surface area contributed by atoms with Crippen molar-refractivity contribution in [3.8, 4) is 5.75 Å². The highest BCUT2D eigenvalue weighted by Crippen LogP contribution is 2.13. The monoisotopic (exact) mass is 273 g/mol. The van der Waals surface area contributed by atoms with Gasteiger partial charge in [-0.05, 0) is 38.4 Å². The summed E-state index contributed by atoms with van der Waals surface area (Å²) in [6, 6.07) is 1.02. The Morgan fingerprint density at radius 2 is 1.95 bits per heavy atom. The predicted molar refractivity (Wildman–Crippen MR) is 68.7 cm³/mol. The van der Waals surface area contributed by atoms with Crippen LogP contribution in [-0.4, -0.2) is 43.1 Å². The lowest BCUT2D eigenvalue weighted by Gasteiger charge is -2.16. The molecule has 1 aromatic heterocycles. The topological polar surface area (TPSA) is 25.4 Å². The first kappa shape index (κ1) is 14.2. The lowest BCUT2D eigenvalue weighted by atomic mass is 9.81. The molecular formula is C12H17BF3N2O-. The second-order valence-electron chi connectivity index (χ2n) is 4.78. The van der Waals surface area contributed by atoms with Gasteiger partial charge in [0.25, 0.3) is 0 Å². The largest absolute Gasteiger partial charge is 0.511 e.